The largest absolute Gasteiger partial charge is 0.508 e. The molecule has 0 radical (unpaired) electrons. The van der Waals surface area contributed by atoms with Gasteiger partial charge in [0.15, 0.2) is 11.5 Å². The van der Waals surface area contributed by atoms with E-state index in [4.69, 9.17) is 9.47 Å². The molecule has 1 heterocycles. The topological polar surface area (TPSA) is 105 Å². The summed E-state index contributed by atoms with van der Waals surface area (Å²) < 4.78 is 12.2. The van der Waals surface area contributed by atoms with Gasteiger partial charge in [0.05, 0.1) is 16.4 Å². The zero-order valence-corrected chi connectivity index (χ0v) is 21.0. The number of aromatic hydroxyl groups is 1. The van der Waals surface area contributed by atoms with Gasteiger partial charge in [0.25, 0.3) is 11.8 Å². The minimum atomic E-state index is -0.866. The quantitative estimate of drug-likeness (QED) is 0.250. The predicted octanol–water partition coefficient (Wildman–Crippen LogP) is 4.56. The molecular weight excluding hydrogens is 563 g/mol. The number of phenols is 1. The van der Waals surface area contributed by atoms with Crippen LogP contribution in [0.4, 0.5) is 10.5 Å². The van der Waals surface area contributed by atoms with Crippen molar-refractivity contribution >= 4 is 52.2 Å². The fourth-order valence-electron chi connectivity index (χ4n) is 3.46. The van der Waals surface area contributed by atoms with Crippen molar-refractivity contribution < 1.29 is 29.0 Å². The van der Waals surface area contributed by atoms with Gasteiger partial charge in [0.2, 0.25) is 0 Å². The Balaban J connectivity index is 1.63. The summed E-state index contributed by atoms with van der Waals surface area (Å²) in [7, 11) is 1.50. The van der Waals surface area contributed by atoms with Crippen LogP contribution in [0.1, 0.15) is 16.7 Å². The van der Waals surface area contributed by atoms with Gasteiger partial charge in [-0.3, -0.25) is 14.9 Å². The maximum absolute atomic E-state index is 13.1. The highest BCUT2D eigenvalue weighted by Crippen LogP contribution is 2.35. The van der Waals surface area contributed by atoms with Crippen molar-refractivity contribution in [3.8, 4) is 17.2 Å². The second-order valence-electron chi connectivity index (χ2n) is 7.78. The highest BCUT2D eigenvalue weighted by Gasteiger charge is 2.36. The van der Waals surface area contributed by atoms with Crippen LogP contribution in [-0.4, -0.2) is 30.1 Å². The maximum Gasteiger partial charge on any atom is 0.335 e. The molecule has 1 aliphatic rings. The number of benzene rings is 3. The van der Waals surface area contributed by atoms with E-state index in [0.717, 1.165) is 19.6 Å². The Morgan fingerprint density at radius 1 is 1.03 bits per heavy atom. The van der Waals surface area contributed by atoms with Crippen LogP contribution >= 0.6 is 22.6 Å². The van der Waals surface area contributed by atoms with E-state index in [1.54, 1.807) is 12.1 Å². The number of nitrogens with zero attached hydrogens (tertiary/aromatic N) is 1. The van der Waals surface area contributed by atoms with Crippen LogP contribution in [0.3, 0.4) is 0 Å². The number of phenolic OH excluding ortho intramolecular Hbond substituents is 1. The number of amides is 4. The van der Waals surface area contributed by atoms with Crippen molar-refractivity contribution in [1.82, 2.24) is 5.32 Å². The van der Waals surface area contributed by atoms with E-state index in [1.165, 1.54) is 37.5 Å². The van der Waals surface area contributed by atoms with Crippen LogP contribution in [0.2, 0.25) is 0 Å². The molecular formula is C26H21IN2O6. The van der Waals surface area contributed by atoms with E-state index in [-0.39, 0.29) is 17.0 Å². The lowest BCUT2D eigenvalue weighted by molar-refractivity contribution is -0.122. The number of hydrogen-bond acceptors (Lipinski definition) is 6. The molecule has 0 unspecified atom stereocenters. The fourth-order valence-corrected chi connectivity index (χ4v) is 4.24. The monoisotopic (exact) mass is 584 g/mol. The van der Waals surface area contributed by atoms with E-state index in [9.17, 15) is 19.5 Å². The van der Waals surface area contributed by atoms with Crippen molar-refractivity contribution in [2.45, 2.75) is 13.5 Å². The standard InChI is InChI=1S/C26H21IN2O6/c1-15-3-5-16(6-4-15)14-35-23-21(27)12-17(13-22(23)34-2)11-20-24(31)28-26(33)29(25(20)32)18-7-9-19(30)10-8-18/h3-13,30H,14H2,1-2H3,(H,28,31,33)/b20-11+. The normalized spacial score (nSPS) is 14.8. The van der Waals surface area contributed by atoms with Gasteiger partial charge in [-0.15, -0.1) is 0 Å². The summed E-state index contributed by atoms with van der Waals surface area (Å²) in [6.07, 6.45) is 1.39. The fraction of sp³-hybridized carbons (Fsp3) is 0.115. The van der Waals surface area contributed by atoms with E-state index < -0.39 is 17.8 Å². The number of anilines is 1. The van der Waals surface area contributed by atoms with Gasteiger partial charge >= 0.3 is 6.03 Å². The molecule has 0 atom stereocenters. The molecule has 1 fully saturated rings. The number of aryl methyl sites for hydroxylation is 1. The summed E-state index contributed by atoms with van der Waals surface area (Å²) in [5.41, 5.74) is 2.68. The molecule has 0 spiro atoms. The van der Waals surface area contributed by atoms with Crippen LogP contribution in [0.15, 0.2) is 66.2 Å². The number of hydrogen-bond donors (Lipinski definition) is 2. The Labute approximate surface area is 215 Å². The molecule has 0 aromatic heterocycles. The van der Waals surface area contributed by atoms with E-state index in [2.05, 4.69) is 27.9 Å². The number of carbonyl (C=O) groups is 3. The first-order valence-corrected chi connectivity index (χ1v) is 11.6. The van der Waals surface area contributed by atoms with Gasteiger partial charge in [-0.1, -0.05) is 29.8 Å². The Bertz CT molecular complexity index is 1330. The van der Waals surface area contributed by atoms with Crippen LogP contribution in [0.5, 0.6) is 17.2 Å². The first-order valence-electron chi connectivity index (χ1n) is 10.5. The van der Waals surface area contributed by atoms with E-state index >= 15 is 0 Å². The minimum absolute atomic E-state index is 0.0168. The zero-order chi connectivity index (χ0) is 25.1. The van der Waals surface area contributed by atoms with Gasteiger partial charge in [-0.2, -0.15) is 0 Å². The second-order valence-corrected chi connectivity index (χ2v) is 8.94. The summed E-state index contributed by atoms with van der Waals surface area (Å²) in [5, 5.41) is 11.7. The van der Waals surface area contributed by atoms with Gasteiger partial charge in [0, 0.05) is 0 Å². The van der Waals surface area contributed by atoms with Gasteiger partial charge < -0.3 is 14.6 Å². The van der Waals surface area contributed by atoms with Crippen LogP contribution < -0.4 is 19.7 Å². The summed E-state index contributed by atoms with van der Waals surface area (Å²) >= 11 is 2.10. The summed E-state index contributed by atoms with van der Waals surface area (Å²) in [6, 6.07) is 16.0. The molecule has 9 heteroatoms. The predicted molar refractivity (Wildman–Crippen MR) is 138 cm³/mol. The summed E-state index contributed by atoms with van der Waals surface area (Å²) in [6.45, 7) is 2.36. The highest BCUT2D eigenvalue weighted by molar-refractivity contribution is 14.1. The molecule has 1 aliphatic heterocycles. The second kappa shape index (κ2) is 10.2. The Kier molecular flexibility index (Phi) is 7.06. The maximum atomic E-state index is 13.1. The molecule has 1 saturated heterocycles. The number of urea groups is 1. The van der Waals surface area contributed by atoms with Crippen molar-refractivity contribution in [2.24, 2.45) is 0 Å². The summed E-state index contributed by atoms with van der Waals surface area (Å²) in [4.78, 5) is 38.8. The molecule has 0 bridgehead atoms. The molecule has 0 saturated carbocycles. The minimum Gasteiger partial charge on any atom is -0.508 e. The van der Waals surface area contributed by atoms with Crippen molar-refractivity contribution in [1.29, 1.82) is 0 Å². The number of carbonyl (C=O) groups excluding carboxylic acids is 3. The highest BCUT2D eigenvalue weighted by atomic mass is 127. The molecule has 3 aromatic rings. The lowest BCUT2D eigenvalue weighted by Gasteiger charge is -2.26. The summed E-state index contributed by atoms with van der Waals surface area (Å²) in [5.74, 6) is -0.624. The smallest absolute Gasteiger partial charge is 0.335 e. The molecule has 4 rings (SSSR count). The van der Waals surface area contributed by atoms with E-state index in [0.29, 0.717) is 23.7 Å². The number of halogens is 1. The zero-order valence-electron chi connectivity index (χ0n) is 18.9. The third-order valence-electron chi connectivity index (χ3n) is 5.28. The Hall–Kier alpha value is -3.86. The Morgan fingerprint density at radius 3 is 2.37 bits per heavy atom. The average Bonchev–Trinajstić information content (AvgIpc) is 2.83. The average molecular weight is 584 g/mol. The van der Waals surface area contributed by atoms with Crippen LogP contribution in [-0.2, 0) is 16.2 Å². The van der Waals surface area contributed by atoms with Crippen LogP contribution in [0.25, 0.3) is 6.08 Å². The van der Waals surface area contributed by atoms with Gasteiger partial charge in [-0.25, -0.2) is 9.69 Å². The molecule has 2 N–H and O–H groups in total. The number of rotatable bonds is 6. The molecule has 8 nitrogen and oxygen atoms in total. The number of imide groups is 2. The number of ether oxygens (including phenoxy) is 2. The van der Waals surface area contributed by atoms with E-state index in [1.807, 2.05) is 31.2 Å². The van der Waals surface area contributed by atoms with Gasteiger partial charge in [-0.05, 0) is 83.1 Å². The molecule has 4 amide bonds. The lowest BCUT2D eigenvalue weighted by Crippen LogP contribution is -2.54. The third-order valence-corrected chi connectivity index (χ3v) is 6.08. The van der Waals surface area contributed by atoms with Crippen molar-refractivity contribution in [3.05, 3.63) is 86.5 Å². The van der Waals surface area contributed by atoms with Gasteiger partial charge in [0.1, 0.15) is 17.9 Å². The van der Waals surface area contributed by atoms with Crippen molar-refractivity contribution in [2.75, 3.05) is 12.0 Å². The lowest BCUT2D eigenvalue weighted by atomic mass is 10.1. The number of nitrogens with one attached hydrogen (secondary N) is 1. The third kappa shape index (κ3) is 5.29. The first-order chi connectivity index (χ1) is 16.8. The molecule has 178 valence electrons. The first kappa shape index (κ1) is 24.3. The SMILES string of the molecule is COc1cc(/C=C2\C(=O)NC(=O)N(c3ccc(O)cc3)C2=O)cc(I)c1OCc1ccc(C)cc1. The van der Waals surface area contributed by atoms with Crippen molar-refractivity contribution in [3.63, 3.8) is 0 Å². The number of barbiturate groups is 1. The molecule has 0 aliphatic carbocycles. The molecule has 3 aromatic carbocycles. The Morgan fingerprint density at radius 2 is 1.71 bits per heavy atom. The molecule has 35 heavy (non-hydrogen) atoms. The van der Waals surface area contributed by atoms with Crippen LogP contribution in [0, 0.1) is 10.5 Å². The number of methoxy groups -OCH3 is 1.